The summed E-state index contributed by atoms with van der Waals surface area (Å²) < 4.78 is 23.1. The highest BCUT2D eigenvalue weighted by molar-refractivity contribution is 5.81. The molecule has 5 fully saturated rings. The predicted molar refractivity (Wildman–Crippen MR) is 173 cm³/mol. The summed E-state index contributed by atoms with van der Waals surface area (Å²) in [6, 6.07) is 0. The molecule has 8 nitrogen and oxygen atoms in total. The molecule has 0 aromatic carbocycles. The fourth-order valence-electron chi connectivity index (χ4n) is 10.7. The smallest absolute Gasteiger partial charge is 0.348 e. The highest BCUT2D eigenvalue weighted by Crippen LogP contribution is 2.69. The molecule has 8 heteroatoms. The van der Waals surface area contributed by atoms with E-state index >= 15 is 0 Å². The van der Waals surface area contributed by atoms with Crippen LogP contribution in [0.2, 0.25) is 0 Å². The van der Waals surface area contributed by atoms with Gasteiger partial charge in [-0.1, -0.05) is 41.5 Å². The molecular formula is C38H60O8. The fourth-order valence-corrected chi connectivity index (χ4v) is 10.7. The summed E-state index contributed by atoms with van der Waals surface area (Å²) in [4.78, 5) is 50.4. The molecule has 0 aromatic rings. The van der Waals surface area contributed by atoms with Gasteiger partial charge in [0.25, 0.3) is 0 Å². The molecular weight excluding hydrogens is 584 g/mol. The first-order chi connectivity index (χ1) is 21.4. The Kier molecular flexibility index (Phi) is 9.74. The Hall–Kier alpha value is -2.12. The minimum Gasteiger partial charge on any atom is -0.462 e. The standard InChI is InChI=1S/C38H60O8/c1-10-35(4,5)34(42)45-25-15-17-37(8)24(19-25)20-29(44-23(3)39)31-27-13-12-26(38(27,9)18-16-28(31)37)22(2)11-14-30(40)46-32-33(41)43-21-36(32,6)7/h22,24-29,31-32H,10-21H2,1-9H3/t22?,24?,25-,26?,27?,28?,29?,31?,32?,37-,38+/m0/s1. The van der Waals surface area contributed by atoms with Gasteiger partial charge in [-0.3, -0.25) is 14.4 Å². The van der Waals surface area contributed by atoms with Crippen molar-refractivity contribution in [2.75, 3.05) is 6.61 Å². The lowest BCUT2D eigenvalue weighted by Crippen LogP contribution is -2.59. The van der Waals surface area contributed by atoms with E-state index in [9.17, 15) is 19.2 Å². The average molecular weight is 645 g/mol. The quantitative estimate of drug-likeness (QED) is 0.188. The molecule has 4 aliphatic carbocycles. The van der Waals surface area contributed by atoms with E-state index in [-0.39, 0.29) is 47.6 Å². The first-order valence-corrected chi connectivity index (χ1v) is 18.2. The molecule has 1 saturated heterocycles. The second-order valence-corrected chi connectivity index (χ2v) is 17.6. The van der Waals surface area contributed by atoms with Crippen molar-refractivity contribution in [3.8, 4) is 0 Å². The highest BCUT2D eigenvalue weighted by Gasteiger charge is 2.64. The van der Waals surface area contributed by atoms with Crippen molar-refractivity contribution >= 4 is 23.9 Å². The fraction of sp³-hybridized carbons (Fsp3) is 0.895. The predicted octanol–water partition coefficient (Wildman–Crippen LogP) is 7.45. The number of fused-ring (bicyclic) bond motifs is 5. The van der Waals surface area contributed by atoms with Gasteiger partial charge in [-0.05, 0) is 118 Å². The summed E-state index contributed by atoms with van der Waals surface area (Å²) in [5.74, 6) is 1.31. The Labute approximate surface area is 276 Å². The van der Waals surface area contributed by atoms with Crippen LogP contribution in [-0.2, 0) is 38.1 Å². The van der Waals surface area contributed by atoms with Crippen LogP contribution in [0, 0.1) is 57.2 Å². The van der Waals surface area contributed by atoms with E-state index in [4.69, 9.17) is 18.9 Å². The van der Waals surface area contributed by atoms with Gasteiger partial charge in [0.05, 0.1) is 5.41 Å². The van der Waals surface area contributed by atoms with Gasteiger partial charge in [-0.2, -0.15) is 0 Å². The summed E-state index contributed by atoms with van der Waals surface area (Å²) in [5, 5.41) is 0. The van der Waals surface area contributed by atoms with Crippen LogP contribution in [0.25, 0.3) is 0 Å². The van der Waals surface area contributed by atoms with E-state index in [2.05, 4.69) is 20.8 Å². The molecule has 0 spiro atoms. The lowest BCUT2D eigenvalue weighted by Gasteiger charge is -2.62. The molecule has 5 rings (SSSR count). The molecule has 46 heavy (non-hydrogen) atoms. The molecule has 5 aliphatic rings. The van der Waals surface area contributed by atoms with Gasteiger partial charge in [-0.25, -0.2) is 4.79 Å². The minimum absolute atomic E-state index is 0.0754. The zero-order valence-corrected chi connectivity index (χ0v) is 29.9. The largest absolute Gasteiger partial charge is 0.462 e. The van der Waals surface area contributed by atoms with Gasteiger partial charge in [-0.15, -0.1) is 0 Å². The summed E-state index contributed by atoms with van der Waals surface area (Å²) in [6.45, 7) is 18.7. The molecule has 260 valence electrons. The molecule has 11 atom stereocenters. The molecule has 0 N–H and O–H groups in total. The second kappa shape index (κ2) is 12.7. The van der Waals surface area contributed by atoms with Gasteiger partial charge in [0.2, 0.25) is 6.10 Å². The van der Waals surface area contributed by atoms with Crippen LogP contribution >= 0.6 is 0 Å². The number of esters is 4. The van der Waals surface area contributed by atoms with Crippen molar-refractivity contribution in [1.29, 1.82) is 0 Å². The lowest BCUT2D eigenvalue weighted by molar-refractivity contribution is -0.199. The Morgan fingerprint density at radius 1 is 0.935 bits per heavy atom. The van der Waals surface area contributed by atoms with Crippen molar-refractivity contribution in [2.24, 2.45) is 57.2 Å². The molecule has 4 saturated carbocycles. The highest BCUT2D eigenvalue weighted by atomic mass is 16.6. The van der Waals surface area contributed by atoms with Crippen LogP contribution in [0.3, 0.4) is 0 Å². The number of cyclic esters (lactones) is 1. The van der Waals surface area contributed by atoms with Gasteiger partial charge in [0.1, 0.15) is 18.8 Å². The third kappa shape index (κ3) is 6.36. The van der Waals surface area contributed by atoms with Crippen molar-refractivity contribution in [2.45, 2.75) is 151 Å². The third-order valence-corrected chi connectivity index (χ3v) is 14.0. The number of hydrogen-bond donors (Lipinski definition) is 0. The van der Waals surface area contributed by atoms with Crippen molar-refractivity contribution in [1.82, 2.24) is 0 Å². The van der Waals surface area contributed by atoms with Crippen LogP contribution in [0.4, 0.5) is 0 Å². The zero-order valence-electron chi connectivity index (χ0n) is 29.9. The lowest BCUT2D eigenvalue weighted by atomic mass is 9.43. The van der Waals surface area contributed by atoms with Crippen molar-refractivity contribution in [3.63, 3.8) is 0 Å². The number of carbonyl (C=O) groups excluding carboxylic acids is 4. The van der Waals surface area contributed by atoms with Crippen LogP contribution in [0.15, 0.2) is 0 Å². The van der Waals surface area contributed by atoms with Crippen LogP contribution in [-0.4, -0.2) is 48.8 Å². The Morgan fingerprint density at radius 2 is 1.61 bits per heavy atom. The van der Waals surface area contributed by atoms with Crippen LogP contribution in [0.5, 0.6) is 0 Å². The molecule has 0 amide bonds. The summed E-state index contributed by atoms with van der Waals surface area (Å²) in [6.07, 6.45) is 8.82. The van der Waals surface area contributed by atoms with E-state index < -0.39 is 22.9 Å². The van der Waals surface area contributed by atoms with Crippen molar-refractivity contribution < 1.29 is 38.1 Å². The topological polar surface area (TPSA) is 105 Å². The van der Waals surface area contributed by atoms with Crippen LogP contribution in [0.1, 0.15) is 133 Å². The third-order valence-electron chi connectivity index (χ3n) is 14.0. The minimum atomic E-state index is -0.834. The molecule has 0 aromatic heterocycles. The maximum Gasteiger partial charge on any atom is 0.348 e. The van der Waals surface area contributed by atoms with Crippen LogP contribution < -0.4 is 0 Å². The summed E-state index contributed by atoms with van der Waals surface area (Å²) in [5.41, 5.74) is -0.743. The van der Waals surface area contributed by atoms with E-state index in [1.807, 2.05) is 34.6 Å². The summed E-state index contributed by atoms with van der Waals surface area (Å²) in [7, 11) is 0. The Balaban J connectivity index is 1.27. The zero-order chi connectivity index (χ0) is 33.8. The van der Waals surface area contributed by atoms with E-state index in [0.717, 1.165) is 64.2 Å². The molecule has 1 heterocycles. The van der Waals surface area contributed by atoms with Gasteiger partial charge < -0.3 is 18.9 Å². The number of hydrogen-bond acceptors (Lipinski definition) is 8. The van der Waals surface area contributed by atoms with E-state index in [1.165, 1.54) is 6.92 Å². The number of carbonyl (C=O) groups is 4. The number of rotatable bonds is 9. The Morgan fingerprint density at radius 3 is 2.24 bits per heavy atom. The SMILES string of the molecule is CCC(C)(C)C(=O)O[C@H]1CC[C@@]2(C)C(CC(OC(C)=O)C3C4CCC(C(C)CCC(=O)OC5C(=O)OCC5(C)C)[C@@]4(C)CCC32)C1. The monoisotopic (exact) mass is 644 g/mol. The van der Waals surface area contributed by atoms with E-state index in [1.54, 1.807) is 0 Å². The number of ether oxygens (including phenoxy) is 4. The normalized spacial score (nSPS) is 40.5. The molecule has 1 aliphatic heterocycles. The average Bonchev–Trinajstić information content (AvgIpc) is 3.47. The maximum atomic E-state index is 13.0. The Bertz CT molecular complexity index is 1190. The maximum absolute atomic E-state index is 13.0. The first-order valence-electron chi connectivity index (χ1n) is 18.2. The van der Waals surface area contributed by atoms with Crippen molar-refractivity contribution in [3.05, 3.63) is 0 Å². The first kappa shape index (κ1) is 35.2. The molecule has 8 unspecified atom stereocenters. The van der Waals surface area contributed by atoms with Gasteiger partial charge >= 0.3 is 23.9 Å². The molecule has 0 radical (unpaired) electrons. The molecule has 0 bridgehead atoms. The second-order valence-electron chi connectivity index (χ2n) is 17.6. The van der Waals surface area contributed by atoms with Gasteiger partial charge in [0.15, 0.2) is 0 Å². The summed E-state index contributed by atoms with van der Waals surface area (Å²) >= 11 is 0. The van der Waals surface area contributed by atoms with E-state index in [0.29, 0.717) is 41.9 Å². The van der Waals surface area contributed by atoms with Gasteiger partial charge in [0, 0.05) is 24.7 Å².